The normalized spacial score (nSPS) is 17.1. The van der Waals surface area contributed by atoms with E-state index >= 15 is 0 Å². The lowest BCUT2D eigenvalue weighted by Gasteiger charge is -2.30. The predicted octanol–water partition coefficient (Wildman–Crippen LogP) is 4.40. The van der Waals surface area contributed by atoms with E-state index in [1.807, 2.05) is 43.1 Å². The molecule has 3 heterocycles. The molecule has 0 radical (unpaired) electrons. The largest absolute Gasteiger partial charge is 0.433 e. The zero-order chi connectivity index (χ0) is 20.6. The van der Waals surface area contributed by atoms with Crippen molar-refractivity contribution in [3.05, 3.63) is 66.1 Å². The zero-order valence-electron chi connectivity index (χ0n) is 16.1. The average Bonchev–Trinajstić information content (AvgIpc) is 2.84. The number of alkyl halides is 3. The van der Waals surface area contributed by atoms with Gasteiger partial charge < -0.3 is 9.80 Å². The Labute approximate surface area is 166 Å². The average molecular weight is 399 g/mol. The molecule has 0 unspecified atom stereocenters. The first-order valence-electron chi connectivity index (χ1n) is 9.25. The van der Waals surface area contributed by atoms with E-state index in [0.717, 1.165) is 17.3 Å². The molecule has 5 nitrogen and oxygen atoms in total. The second-order valence-corrected chi connectivity index (χ2v) is 7.16. The van der Waals surface area contributed by atoms with Crippen molar-refractivity contribution in [2.24, 2.45) is 0 Å². The summed E-state index contributed by atoms with van der Waals surface area (Å²) in [5, 5.41) is 0. The van der Waals surface area contributed by atoms with Gasteiger partial charge in [-0.2, -0.15) is 13.2 Å². The van der Waals surface area contributed by atoms with Crippen LogP contribution in [0.2, 0.25) is 0 Å². The SMILES string of the molecule is C[C@H]1CN(C)c2ccccc2CN1c1cc(C(F)(F)F)nc(-c2cccnc2)n1. The number of hydrogen-bond acceptors (Lipinski definition) is 5. The van der Waals surface area contributed by atoms with E-state index in [0.29, 0.717) is 18.7 Å². The number of nitrogens with zero attached hydrogens (tertiary/aromatic N) is 5. The van der Waals surface area contributed by atoms with Gasteiger partial charge in [0.2, 0.25) is 0 Å². The fourth-order valence-corrected chi connectivity index (χ4v) is 3.61. The Morgan fingerprint density at radius 3 is 2.59 bits per heavy atom. The summed E-state index contributed by atoms with van der Waals surface area (Å²) < 4.78 is 40.7. The highest BCUT2D eigenvalue weighted by Crippen LogP contribution is 2.34. The lowest BCUT2D eigenvalue weighted by atomic mass is 10.1. The molecular weight excluding hydrogens is 379 g/mol. The molecule has 0 amide bonds. The maximum absolute atomic E-state index is 13.6. The number of hydrogen-bond donors (Lipinski definition) is 0. The molecule has 3 aromatic rings. The van der Waals surface area contributed by atoms with Gasteiger partial charge in [-0.1, -0.05) is 18.2 Å². The molecule has 0 saturated carbocycles. The molecule has 0 saturated heterocycles. The Morgan fingerprint density at radius 1 is 1.07 bits per heavy atom. The van der Waals surface area contributed by atoms with Crippen molar-refractivity contribution in [3.8, 4) is 11.4 Å². The number of halogens is 3. The van der Waals surface area contributed by atoms with Gasteiger partial charge in [0.15, 0.2) is 11.5 Å². The first-order valence-corrected chi connectivity index (χ1v) is 9.25. The number of pyridine rings is 1. The number of anilines is 2. The molecule has 1 aromatic carbocycles. The van der Waals surface area contributed by atoms with Crippen LogP contribution >= 0.6 is 0 Å². The fraction of sp³-hybridized carbons (Fsp3) is 0.286. The van der Waals surface area contributed by atoms with Crippen LogP contribution in [0.4, 0.5) is 24.7 Å². The minimum Gasteiger partial charge on any atom is -0.372 e. The van der Waals surface area contributed by atoms with Crippen LogP contribution in [-0.4, -0.2) is 34.6 Å². The van der Waals surface area contributed by atoms with Crippen molar-refractivity contribution >= 4 is 11.5 Å². The molecule has 1 atom stereocenters. The first-order chi connectivity index (χ1) is 13.8. The number of rotatable bonds is 2. The summed E-state index contributed by atoms with van der Waals surface area (Å²) in [6, 6.07) is 12.2. The van der Waals surface area contributed by atoms with Gasteiger partial charge in [0, 0.05) is 55.9 Å². The van der Waals surface area contributed by atoms with Gasteiger partial charge in [0.25, 0.3) is 0 Å². The Bertz CT molecular complexity index is 1010. The lowest BCUT2D eigenvalue weighted by molar-refractivity contribution is -0.141. The summed E-state index contributed by atoms with van der Waals surface area (Å²) in [6.45, 7) is 3.11. The van der Waals surface area contributed by atoms with Crippen LogP contribution < -0.4 is 9.80 Å². The standard InChI is InChI=1S/C21H20F3N5/c1-14-12-28(2)17-8-4-3-6-16(17)13-29(14)19-10-18(21(22,23)24)26-20(27-19)15-7-5-9-25-11-15/h3-11,14H,12-13H2,1-2H3/t14-/m0/s1. The van der Waals surface area contributed by atoms with Crippen LogP contribution in [0.15, 0.2) is 54.9 Å². The maximum Gasteiger partial charge on any atom is 0.433 e. The van der Waals surface area contributed by atoms with Gasteiger partial charge in [0.05, 0.1) is 0 Å². The molecule has 29 heavy (non-hydrogen) atoms. The van der Waals surface area contributed by atoms with E-state index < -0.39 is 11.9 Å². The van der Waals surface area contributed by atoms with E-state index in [-0.39, 0.29) is 17.7 Å². The highest BCUT2D eigenvalue weighted by atomic mass is 19.4. The van der Waals surface area contributed by atoms with Crippen molar-refractivity contribution in [2.75, 3.05) is 23.4 Å². The monoisotopic (exact) mass is 399 g/mol. The van der Waals surface area contributed by atoms with E-state index in [9.17, 15) is 13.2 Å². The van der Waals surface area contributed by atoms with Crippen LogP contribution in [0.5, 0.6) is 0 Å². The van der Waals surface area contributed by atoms with Gasteiger partial charge in [-0.15, -0.1) is 0 Å². The number of benzene rings is 1. The molecular formula is C21H20F3N5. The van der Waals surface area contributed by atoms with Crippen molar-refractivity contribution < 1.29 is 13.2 Å². The summed E-state index contributed by atoms with van der Waals surface area (Å²) in [4.78, 5) is 16.3. The second-order valence-electron chi connectivity index (χ2n) is 7.16. The van der Waals surface area contributed by atoms with Crippen LogP contribution in [0.3, 0.4) is 0 Å². The molecule has 0 N–H and O–H groups in total. The van der Waals surface area contributed by atoms with Gasteiger partial charge >= 0.3 is 6.18 Å². The molecule has 0 spiro atoms. The van der Waals surface area contributed by atoms with Gasteiger partial charge in [0.1, 0.15) is 5.82 Å². The summed E-state index contributed by atoms with van der Waals surface area (Å²) in [5.41, 5.74) is 1.59. The Kier molecular flexibility index (Phi) is 4.86. The Hall–Kier alpha value is -3.16. The molecule has 4 rings (SSSR count). The Morgan fingerprint density at radius 2 is 1.86 bits per heavy atom. The topological polar surface area (TPSA) is 45.2 Å². The van der Waals surface area contributed by atoms with Crippen molar-refractivity contribution in [1.29, 1.82) is 0 Å². The summed E-state index contributed by atoms with van der Waals surface area (Å²) in [7, 11) is 1.99. The first kappa shape index (κ1) is 19.2. The van der Waals surface area contributed by atoms with E-state index in [1.54, 1.807) is 18.3 Å². The predicted molar refractivity (Wildman–Crippen MR) is 106 cm³/mol. The molecule has 0 fully saturated rings. The maximum atomic E-state index is 13.6. The summed E-state index contributed by atoms with van der Waals surface area (Å²) in [6.07, 6.45) is -1.55. The number of fused-ring (bicyclic) bond motifs is 1. The van der Waals surface area contributed by atoms with Gasteiger partial charge in [-0.3, -0.25) is 4.98 Å². The molecule has 8 heteroatoms. The highest BCUT2D eigenvalue weighted by molar-refractivity contribution is 5.60. The number of likely N-dealkylation sites (N-methyl/N-ethyl adjacent to an activating group) is 1. The van der Waals surface area contributed by atoms with Gasteiger partial charge in [-0.25, -0.2) is 9.97 Å². The van der Waals surface area contributed by atoms with Crippen molar-refractivity contribution in [3.63, 3.8) is 0 Å². The summed E-state index contributed by atoms with van der Waals surface area (Å²) in [5.74, 6) is 0.268. The molecule has 0 bridgehead atoms. The van der Waals surface area contributed by atoms with E-state index in [2.05, 4.69) is 19.9 Å². The summed E-state index contributed by atoms with van der Waals surface area (Å²) >= 11 is 0. The van der Waals surface area contributed by atoms with Crippen LogP contribution in [0.25, 0.3) is 11.4 Å². The van der Waals surface area contributed by atoms with E-state index in [1.165, 1.54) is 6.20 Å². The van der Waals surface area contributed by atoms with Crippen molar-refractivity contribution in [2.45, 2.75) is 25.7 Å². The van der Waals surface area contributed by atoms with Crippen LogP contribution in [-0.2, 0) is 12.7 Å². The number of aromatic nitrogens is 3. The lowest BCUT2D eigenvalue weighted by Crippen LogP contribution is -2.38. The zero-order valence-corrected chi connectivity index (χ0v) is 16.1. The van der Waals surface area contributed by atoms with Crippen molar-refractivity contribution in [1.82, 2.24) is 15.0 Å². The smallest absolute Gasteiger partial charge is 0.372 e. The fourth-order valence-electron chi connectivity index (χ4n) is 3.61. The molecule has 150 valence electrons. The number of para-hydroxylation sites is 1. The minimum absolute atomic E-state index is 0.0148. The quantitative estimate of drug-likeness (QED) is 0.639. The van der Waals surface area contributed by atoms with E-state index in [4.69, 9.17) is 0 Å². The molecule has 1 aliphatic rings. The third-order valence-electron chi connectivity index (χ3n) is 5.03. The third-order valence-corrected chi connectivity index (χ3v) is 5.03. The highest BCUT2D eigenvalue weighted by Gasteiger charge is 2.35. The third kappa shape index (κ3) is 3.87. The van der Waals surface area contributed by atoms with Gasteiger partial charge in [-0.05, 0) is 30.7 Å². The minimum atomic E-state index is -4.57. The molecule has 1 aliphatic heterocycles. The molecule has 2 aromatic heterocycles. The molecule has 0 aliphatic carbocycles. The second kappa shape index (κ2) is 7.35. The Balaban J connectivity index is 1.83. The van der Waals surface area contributed by atoms with Crippen LogP contribution in [0.1, 0.15) is 18.2 Å². The van der Waals surface area contributed by atoms with Crippen LogP contribution in [0, 0.1) is 0 Å².